The Hall–Kier alpha value is -3.29. The molecule has 32 heavy (non-hydrogen) atoms. The van der Waals surface area contributed by atoms with E-state index < -0.39 is 18.5 Å². The van der Waals surface area contributed by atoms with Crippen LogP contribution in [0.1, 0.15) is 10.4 Å². The highest BCUT2D eigenvalue weighted by atomic mass is 79.9. The fourth-order valence-corrected chi connectivity index (χ4v) is 3.52. The highest BCUT2D eigenvalue weighted by Gasteiger charge is 2.17. The van der Waals surface area contributed by atoms with Gasteiger partial charge in [0.1, 0.15) is 5.82 Å². The Balaban J connectivity index is 1.55. The summed E-state index contributed by atoms with van der Waals surface area (Å²) in [6.07, 6.45) is 0. The zero-order chi connectivity index (χ0) is 22.7. The number of nitrogens with zero attached hydrogens (tertiary/aromatic N) is 1. The first-order valence-electron chi connectivity index (χ1n) is 9.48. The average Bonchev–Trinajstić information content (AvgIpc) is 2.79. The van der Waals surface area contributed by atoms with Gasteiger partial charge in [-0.15, -0.1) is 0 Å². The minimum absolute atomic E-state index is 0.259. The van der Waals surface area contributed by atoms with Crippen molar-refractivity contribution >= 4 is 56.0 Å². The fraction of sp³-hybridized carbons (Fsp3) is 0.0417. The molecular formula is C24H15BrClFN2O3. The number of aromatic nitrogens is 1. The van der Waals surface area contributed by atoms with Gasteiger partial charge in [-0.1, -0.05) is 29.8 Å². The van der Waals surface area contributed by atoms with Gasteiger partial charge in [-0.3, -0.25) is 4.79 Å². The third kappa shape index (κ3) is 4.95. The Labute approximate surface area is 196 Å². The molecule has 0 aliphatic carbocycles. The number of nitrogens with one attached hydrogen (secondary N) is 1. The Bertz CT molecular complexity index is 1330. The second kappa shape index (κ2) is 9.46. The molecule has 0 atom stereocenters. The molecule has 1 amide bonds. The molecule has 1 N–H and O–H groups in total. The smallest absolute Gasteiger partial charge is 0.339 e. The van der Waals surface area contributed by atoms with E-state index in [1.54, 1.807) is 60.7 Å². The average molecular weight is 514 g/mol. The van der Waals surface area contributed by atoms with Crippen molar-refractivity contribution in [2.24, 2.45) is 0 Å². The van der Waals surface area contributed by atoms with Gasteiger partial charge >= 0.3 is 5.97 Å². The molecule has 1 aromatic heterocycles. The number of amides is 1. The summed E-state index contributed by atoms with van der Waals surface area (Å²) < 4.78 is 19.2. The number of hydrogen-bond donors (Lipinski definition) is 1. The number of halogens is 3. The number of rotatable bonds is 5. The molecule has 160 valence electrons. The van der Waals surface area contributed by atoms with Crippen molar-refractivity contribution in [1.82, 2.24) is 4.98 Å². The number of esters is 1. The molecule has 0 aliphatic rings. The first kappa shape index (κ1) is 21.9. The van der Waals surface area contributed by atoms with Crippen LogP contribution in [-0.2, 0) is 9.53 Å². The molecule has 0 fully saturated rings. The van der Waals surface area contributed by atoms with Crippen LogP contribution in [0.25, 0.3) is 22.2 Å². The summed E-state index contributed by atoms with van der Waals surface area (Å²) in [5, 5.41) is 3.65. The van der Waals surface area contributed by atoms with Crippen molar-refractivity contribution in [2.75, 3.05) is 11.9 Å². The number of carbonyl (C=O) groups excluding carboxylic acids is 2. The van der Waals surface area contributed by atoms with Gasteiger partial charge in [0.25, 0.3) is 5.91 Å². The van der Waals surface area contributed by atoms with Crippen LogP contribution in [0.5, 0.6) is 0 Å². The van der Waals surface area contributed by atoms with Gasteiger partial charge in [0.15, 0.2) is 6.61 Å². The molecule has 0 bridgehead atoms. The van der Waals surface area contributed by atoms with E-state index in [1.165, 1.54) is 12.1 Å². The summed E-state index contributed by atoms with van der Waals surface area (Å²) in [6, 6.07) is 19.4. The molecule has 1 heterocycles. The Kier molecular flexibility index (Phi) is 6.48. The lowest BCUT2D eigenvalue weighted by atomic mass is 10.0. The molecule has 3 aromatic carbocycles. The van der Waals surface area contributed by atoms with Crippen LogP contribution in [0.15, 0.2) is 77.3 Å². The number of benzene rings is 3. The molecule has 0 saturated carbocycles. The zero-order valence-corrected chi connectivity index (χ0v) is 18.8. The molecular weight excluding hydrogens is 499 g/mol. The van der Waals surface area contributed by atoms with E-state index in [-0.39, 0.29) is 11.4 Å². The van der Waals surface area contributed by atoms with Crippen molar-refractivity contribution in [2.45, 2.75) is 0 Å². The van der Waals surface area contributed by atoms with Crippen LogP contribution >= 0.6 is 27.5 Å². The van der Waals surface area contributed by atoms with Crippen LogP contribution in [0.3, 0.4) is 0 Å². The number of pyridine rings is 1. The van der Waals surface area contributed by atoms with Gasteiger partial charge in [-0.25, -0.2) is 14.2 Å². The SMILES string of the molecule is O=C(COC(=O)c1cc(-c2ccc(F)cc2)nc2ccccc12)Nc1ccc(Br)c(Cl)c1. The zero-order valence-electron chi connectivity index (χ0n) is 16.4. The number of carbonyl (C=O) groups is 2. The highest BCUT2D eigenvalue weighted by molar-refractivity contribution is 9.10. The lowest BCUT2D eigenvalue weighted by Gasteiger charge is -2.11. The van der Waals surface area contributed by atoms with E-state index in [2.05, 4.69) is 26.2 Å². The van der Waals surface area contributed by atoms with Crippen molar-refractivity contribution in [3.05, 3.63) is 93.7 Å². The first-order chi connectivity index (χ1) is 15.4. The Morgan fingerprint density at radius 1 is 1.03 bits per heavy atom. The van der Waals surface area contributed by atoms with Crippen molar-refractivity contribution < 1.29 is 18.7 Å². The van der Waals surface area contributed by atoms with Gasteiger partial charge in [0.2, 0.25) is 0 Å². The largest absolute Gasteiger partial charge is 0.452 e. The van der Waals surface area contributed by atoms with Crippen LogP contribution in [0.4, 0.5) is 10.1 Å². The monoisotopic (exact) mass is 512 g/mol. The van der Waals surface area contributed by atoms with E-state index in [4.69, 9.17) is 16.3 Å². The standard InChI is InChI=1S/C24H15BrClFN2O3/c25-19-10-9-16(11-20(19)26)28-23(30)13-32-24(31)18-12-22(14-5-7-15(27)8-6-14)29-21-4-2-1-3-17(18)21/h1-12H,13H2,(H,28,30). The summed E-state index contributed by atoms with van der Waals surface area (Å²) in [6.45, 7) is -0.477. The third-order valence-electron chi connectivity index (χ3n) is 4.61. The molecule has 4 aromatic rings. The lowest BCUT2D eigenvalue weighted by Crippen LogP contribution is -2.21. The maximum atomic E-state index is 13.3. The van der Waals surface area contributed by atoms with Crippen LogP contribution in [-0.4, -0.2) is 23.5 Å². The predicted molar refractivity (Wildman–Crippen MR) is 125 cm³/mol. The summed E-state index contributed by atoms with van der Waals surface area (Å²) in [5.41, 5.74) is 2.46. The number of hydrogen-bond acceptors (Lipinski definition) is 4. The molecule has 0 spiro atoms. The minimum Gasteiger partial charge on any atom is -0.452 e. The quantitative estimate of drug-likeness (QED) is 0.320. The topological polar surface area (TPSA) is 68.3 Å². The molecule has 4 rings (SSSR count). The van der Waals surface area contributed by atoms with Crippen molar-refractivity contribution in [1.29, 1.82) is 0 Å². The second-order valence-electron chi connectivity index (χ2n) is 6.83. The maximum Gasteiger partial charge on any atom is 0.339 e. The number of anilines is 1. The summed E-state index contributed by atoms with van der Waals surface area (Å²) in [4.78, 5) is 29.6. The second-order valence-corrected chi connectivity index (χ2v) is 8.09. The van der Waals surface area contributed by atoms with Crippen LogP contribution < -0.4 is 5.32 Å². The van der Waals surface area contributed by atoms with E-state index in [9.17, 15) is 14.0 Å². The summed E-state index contributed by atoms with van der Waals surface area (Å²) in [7, 11) is 0. The van der Waals surface area contributed by atoms with Gasteiger partial charge in [0.05, 0.1) is 21.8 Å². The molecule has 0 saturated heterocycles. The van der Waals surface area contributed by atoms with E-state index in [0.29, 0.717) is 37.3 Å². The van der Waals surface area contributed by atoms with Gasteiger partial charge in [-0.2, -0.15) is 0 Å². The van der Waals surface area contributed by atoms with Gasteiger partial charge in [0, 0.05) is 21.1 Å². The van der Waals surface area contributed by atoms with E-state index >= 15 is 0 Å². The minimum atomic E-state index is -0.670. The number of ether oxygens (including phenoxy) is 1. The summed E-state index contributed by atoms with van der Waals surface area (Å²) >= 11 is 9.30. The number of fused-ring (bicyclic) bond motifs is 1. The molecule has 0 aliphatic heterocycles. The normalized spacial score (nSPS) is 10.7. The summed E-state index contributed by atoms with van der Waals surface area (Å²) in [5.74, 6) is -1.54. The Morgan fingerprint density at radius 3 is 2.53 bits per heavy atom. The van der Waals surface area contributed by atoms with Gasteiger partial charge < -0.3 is 10.1 Å². The van der Waals surface area contributed by atoms with Gasteiger partial charge in [-0.05, 0) is 70.5 Å². The molecule has 0 unspecified atom stereocenters. The molecule has 0 radical (unpaired) electrons. The third-order valence-corrected chi connectivity index (χ3v) is 5.85. The molecule has 8 heteroatoms. The first-order valence-corrected chi connectivity index (χ1v) is 10.7. The van der Waals surface area contributed by atoms with E-state index in [0.717, 1.165) is 0 Å². The highest BCUT2D eigenvalue weighted by Crippen LogP contribution is 2.27. The lowest BCUT2D eigenvalue weighted by molar-refractivity contribution is -0.119. The predicted octanol–water partition coefficient (Wildman–Crippen LogP) is 6.25. The van der Waals surface area contributed by atoms with Crippen LogP contribution in [0.2, 0.25) is 5.02 Å². The van der Waals surface area contributed by atoms with Crippen molar-refractivity contribution in [3.8, 4) is 11.3 Å². The maximum absolute atomic E-state index is 13.3. The molecule has 5 nitrogen and oxygen atoms in total. The Morgan fingerprint density at radius 2 is 1.78 bits per heavy atom. The van der Waals surface area contributed by atoms with Crippen LogP contribution in [0, 0.1) is 5.82 Å². The number of para-hydroxylation sites is 1. The van der Waals surface area contributed by atoms with Crippen molar-refractivity contribution in [3.63, 3.8) is 0 Å². The fourth-order valence-electron chi connectivity index (χ4n) is 3.09. The van der Waals surface area contributed by atoms with E-state index in [1.807, 2.05) is 0 Å².